The number of carbonyl (C=O) groups excluding carboxylic acids is 2. The summed E-state index contributed by atoms with van der Waals surface area (Å²) in [5, 5.41) is 0. The molecule has 1 aromatic rings. The van der Waals surface area contributed by atoms with Crippen molar-refractivity contribution in [3.8, 4) is 0 Å². The lowest BCUT2D eigenvalue weighted by Crippen LogP contribution is -2.54. The predicted octanol–water partition coefficient (Wildman–Crippen LogP) is 1.14. The van der Waals surface area contributed by atoms with E-state index in [1.54, 1.807) is 16.8 Å². The van der Waals surface area contributed by atoms with Crippen molar-refractivity contribution in [1.29, 1.82) is 0 Å². The number of piperidine rings is 1. The second kappa shape index (κ2) is 6.04. The average Bonchev–Trinajstić information content (AvgIpc) is 2.67. The second-order valence-corrected chi connectivity index (χ2v) is 5.89. The number of likely N-dealkylation sites (tertiary alicyclic amines) is 1. The van der Waals surface area contributed by atoms with Crippen LogP contribution >= 0.6 is 0 Å². The van der Waals surface area contributed by atoms with Crippen LogP contribution in [0.15, 0.2) is 24.3 Å². The first-order valence-corrected chi connectivity index (χ1v) is 7.44. The maximum atomic E-state index is 13.0. The summed E-state index contributed by atoms with van der Waals surface area (Å²) in [7, 11) is 1.76. The van der Waals surface area contributed by atoms with Gasteiger partial charge in [0.1, 0.15) is 12.4 Å². The van der Waals surface area contributed by atoms with E-state index in [-0.39, 0.29) is 36.2 Å². The van der Waals surface area contributed by atoms with Crippen molar-refractivity contribution in [1.82, 2.24) is 9.80 Å². The van der Waals surface area contributed by atoms with Crippen molar-refractivity contribution >= 4 is 11.8 Å². The Bertz CT molecular complexity index is 575. The molecule has 0 bridgehead atoms. The lowest BCUT2D eigenvalue weighted by atomic mass is 9.91. The van der Waals surface area contributed by atoms with Gasteiger partial charge in [0.15, 0.2) is 0 Å². The Morgan fingerprint density at radius 3 is 2.77 bits per heavy atom. The minimum atomic E-state index is -0.360. The molecule has 6 heteroatoms. The van der Waals surface area contributed by atoms with Gasteiger partial charge in [-0.1, -0.05) is 0 Å². The van der Waals surface area contributed by atoms with Crippen molar-refractivity contribution in [3.63, 3.8) is 0 Å². The number of amides is 2. The van der Waals surface area contributed by atoms with Crippen LogP contribution in [-0.4, -0.2) is 61.0 Å². The van der Waals surface area contributed by atoms with Gasteiger partial charge in [-0.25, -0.2) is 4.39 Å². The largest absolute Gasteiger partial charge is 0.371 e. The van der Waals surface area contributed by atoms with Crippen LogP contribution in [-0.2, 0) is 9.53 Å². The molecule has 3 rings (SSSR count). The first-order chi connectivity index (χ1) is 10.6. The number of carbonyl (C=O) groups is 2. The molecule has 0 aliphatic carbocycles. The van der Waals surface area contributed by atoms with Crippen LogP contribution in [0.25, 0.3) is 0 Å². The Kier molecular flexibility index (Phi) is 4.11. The molecular formula is C16H19FN2O3. The SMILES string of the molecule is CN1C(=O)COC[C@@H]2CCN(C(=O)c3ccc(F)cc3)C[C@@H]21. The molecule has 1 aromatic carbocycles. The van der Waals surface area contributed by atoms with Crippen LogP contribution in [0, 0.1) is 11.7 Å². The molecule has 2 aliphatic rings. The number of ether oxygens (including phenoxy) is 1. The predicted molar refractivity (Wildman–Crippen MR) is 77.8 cm³/mol. The van der Waals surface area contributed by atoms with Gasteiger partial charge in [-0.2, -0.15) is 0 Å². The minimum Gasteiger partial charge on any atom is -0.371 e. The second-order valence-electron chi connectivity index (χ2n) is 5.89. The van der Waals surface area contributed by atoms with Gasteiger partial charge in [-0.3, -0.25) is 9.59 Å². The minimum absolute atomic E-state index is 0.0202. The summed E-state index contributed by atoms with van der Waals surface area (Å²) in [6.07, 6.45) is 0.801. The summed E-state index contributed by atoms with van der Waals surface area (Å²) in [6.45, 7) is 1.78. The molecule has 2 fully saturated rings. The zero-order valence-corrected chi connectivity index (χ0v) is 12.5. The van der Waals surface area contributed by atoms with Crippen molar-refractivity contribution in [2.45, 2.75) is 12.5 Å². The van der Waals surface area contributed by atoms with E-state index in [1.165, 1.54) is 24.3 Å². The van der Waals surface area contributed by atoms with E-state index in [2.05, 4.69) is 0 Å². The zero-order valence-electron chi connectivity index (χ0n) is 12.5. The highest BCUT2D eigenvalue weighted by molar-refractivity contribution is 5.94. The normalized spacial score (nSPS) is 25.6. The Hall–Kier alpha value is -1.95. The van der Waals surface area contributed by atoms with Crippen LogP contribution in [0.5, 0.6) is 0 Å². The standard InChI is InChI=1S/C16H19FN2O3/c1-18-14-8-19(7-6-12(14)9-22-10-15(18)20)16(21)11-2-4-13(17)5-3-11/h2-5,12,14H,6-10H2,1H3/t12-,14-/m0/s1. The average molecular weight is 306 g/mol. The zero-order chi connectivity index (χ0) is 15.7. The molecule has 5 nitrogen and oxygen atoms in total. The highest BCUT2D eigenvalue weighted by Crippen LogP contribution is 2.25. The molecule has 0 radical (unpaired) electrons. The third-order valence-corrected chi connectivity index (χ3v) is 4.55. The molecule has 2 heterocycles. The van der Waals surface area contributed by atoms with Crippen molar-refractivity contribution in [2.24, 2.45) is 5.92 Å². The Morgan fingerprint density at radius 1 is 1.32 bits per heavy atom. The van der Waals surface area contributed by atoms with Crippen LogP contribution < -0.4 is 0 Å². The molecule has 118 valence electrons. The number of hydrogen-bond acceptors (Lipinski definition) is 3. The van der Waals surface area contributed by atoms with Gasteiger partial charge in [0, 0.05) is 31.6 Å². The van der Waals surface area contributed by atoms with Crippen molar-refractivity contribution < 1.29 is 18.7 Å². The fraction of sp³-hybridized carbons (Fsp3) is 0.500. The highest BCUT2D eigenvalue weighted by atomic mass is 19.1. The lowest BCUT2D eigenvalue weighted by Gasteiger charge is -2.41. The first kappa shape index (κ1) is 15.0. The fourth-order valence-corrected chi connectivity index (χ4v) is 3.16. The van der Waals surface area contributed by atoms with Crippen LogP contribution in [0.3, 0.4) is 0 Å². The van der Waals surface area contributed by atoms with E-state index < -0.39 is 0 Å². The van der Waals surface area contributed by atoms with Gasteiger partial charge < -0.3 is 14.5 Å². The topological polar surface area (TPSA) is 49.9 Å². The molecule has 0 spiro atoms. The van der Waals surface area contributed by atoms with E-state index in [9.17, 15) is 14.0 Å². The third-order valence-electron chi connectivity index (χ3n) is 4.55. The molecule has 2 atom stereocenters. The van der Waals surface area contributed by atoms with Gasteiger partial charge in [0.2, 0.25) is 5.91 Å². The molecular weight excluding hydrogens is 287 g/mol. The van der Waals surface area contributed by atoms with E-state index in [0.29, 0.717) is 25.3 Å². The van der Waals surface area contributed by atoms with Gasteiger partial charge in [0.25, 0.3) is 5.91 Å². The summed E-state index contributed by atoms with van der Waals surface area (Å²) in [5.41, 5.74) is 0.471. The van der Waals surface area contributed by atoms with E-state index in [0.717, 1.165) is 6.42 Å². The Balaban J connectivity index is 1.75. The van der Waals surface area contributed by atoms with Crippen molar-refractivity contribution in [3.05, 3.63) is 35.6 Å². The number of halogens is 1. The molecule has 22 heavy (non-hydrogen) atoms. The number of hydrogen-bond donors (Lipinski definition) is 0. The quantitative estimate of drug-likeness (QED) is 0.782. The number of rotatable bonds is 1. The maximum Gasteiger partial charge on any atom is 0.253 e. The number of fused-ring (bicyclic) bond motifs is 1. The molecule has 0 N–H and O–H groups in total. The third kappa shape index (κ3) is 2.83. The molecule has 2 amide bonds. The van der Waals surface area contributed by atoms with Gasteiger partial charge in [-0.05, 0) is 30.7 Å². The van der Waals surface area contributed by atoms with Gasteiger partial charge in [-0.15, -0.1) is 0 Å². The number of benzene rings is 1. The summed E-state index contributed by atoms with van der Waals surface area (Å²) in [5.74, 6) is -0.275. The summed E-state index contributed by atoms with van der Waals surface area (Å²) in [6, 6.07) is 5.54. The molecule has 2 aliphatic heterocycles. The monoisotopic (exact) mass is 306 g/mol. The molecule has 0 aromatic heterocycles. The van der Waals surface area contributed by atoms with Crippen molar-refractivity contribution in [2.75, 3.05) is 33.4 Å². The molecule has 0 saturated carbocycles. The Labute approximate surface area is 128 Å². The number of nitrogens with zero attached hydrogens (tertiary/aromatic N) is 2. The lowest BCUT2D eigenvalue weighted by molar-refractivity contribution is -0.134. The van der Waals surface area contributed by atoms with Crippen LogP contribution in [0.4, 0.5) is 4.39 Å². The molecule has 2 saturated heterocycles. The fourth-order valence-electron chi connectivity index (χ4n) is 3.16. The van der Waals surface area contributed by atoms with Gasteiger partial charge in [0.05, 0.1) is 12.6 Å². The molecule has 0 unspecified atom stereocenters. The van der Waals surface area contributed by atoms with E-state index >= 15 is 0 Å². The smallest absolute Gasteiger partial charge is 0.253 e. The van der Waals surface area contributed by atoms with Crippen LogP contribution in [0.1, 0.15) is 16.8 Å². The van der Waals surface area contributed by atoms with Crippen LogP contribution in [0.2, 0.25) is 0 Å². The summed E-state index contributed by atoms with van der Waals surface area (Å²) >= 11 is 0. The summed E-state index contributed by atoms with van der Waals surface area (Å²) < 4.78 is 18.4. The maximum absolute atomic E-state index is 13.0. The first-order valence-electron chi connectivity index (χ1n) is 7.44. The number of likely N-dealkylation sites (N-methyl/N-ethyl adjacent to an activating group) is 1. The highest BCUT2D eigenvalue weighted by Gasteiger charge is 2.37. The van der Waals surface area contributed by atoms with E-state index in [1.807, 2.05) is 0 Å². The van der Waals surface area contributed by atoms with E-state index in [4.69, 9.17) is 4.74 Å². The summed E-state index contributed by atoms with van der Waals surface area (Å²) in [4.78, 5) is 27.9. The Morgan fingerprint density at radius 2 is 2.05 bits per heavy atom. The van der Waals surface area contributed by atoms with Gasteiger partial charge >= 0.3 is 0 Å².